The Hall–Kier alpha value is -4.44. The molecule has 0 radical (unpaired) electrons. The van der Waals surface area contributed by atoms with E-state index in [1.54, 1.807) is 4.57 Å². The highest BCUT2D eigenvalue weighted by molar-refractivity contribution is 5.97. The van der Waals surface area contributed by atoms with Gasteiger partial charge in [-0.2, -0.15) is 4.98 Å². The molecule has 2 aromatic heterocycles. The van der Waals surface area contributed by atoms with E-state index in [1.165, 1.54) is 12.4 Å². The number of anilines is 1. The van der Waals surface area contributed by atoms with Crippen molar-refractivity contribution in [2.75, 3.05) is 11.9 Å². The maximum Gasteiger partial charge on any atom is 0.257 e. The number of pyridine rings is 1. The van der Waals surface area contributed by atoms with Gasteiger partial charge in [0.25, 0.3) is 5.91 Å². The van der Waals surface area contributed by atoms with E-state index in [2.05, 4.69) is 26.5 Å². The van der Waals surface area contributed by atoms with E-state index in [-0.39, 0.29) is 17.5 Å². The van der Waals surface area contributed by atoms with Crippen LogP contribution >= 0.6 is 0 Å². The fourth-order valence-corrected chi connectivity index (χ4v) is 3.15. The number of terminal acetylenes is 1. The number of hydrogen-bond donors (Lipinski definition) is 2. The summed E-state index contributed by atoms with van der Waals surface area (Å²) < 4.78 is 1.71. The average Bonchev–Trinajstić information content (AvgIpc) is 2.82. The van der Waals surface area contributed by atoms with Crippen LogP contribution in [0.15, 0.2) is 77.9 Å². The summed E-state index contributed by atoms with van der Waals surface area (Å²) in [5.41, 5.74) is 1.75. The minimum Gasteiger partial charge on any atom is -0.350 e. The van der Waals surface area contributed by atoms with E-state index < -0.39 is 11.3 Å². The number of amides is 1. The SMILES string of the molecule is C#CCNC(=O)c1cn(-c2ccccc2)c2nc(NCc3ccccc3)ncc2c1=O. The van der Waals surface area contributed by atoms with Crippen LogP contribution in [0.5, 0.6) is 0 Å². The van der Waals surface area contributed by atoms with Gasteiger partial charge in [-0.15, -0.1) is 6.42 Å². The quantitative estimate of drug-likeness (QED) is 0.478. The largest absolute Gasteiger partial charge is 0.350 e. The van der Waals surface area contributed by atoms with Crippen molar-refractivity contribution in [3.8, 4) is 18.0 Å². The number of aromatic nitrogens is 3. The fraction of sp³-hybridized carbons (Fsp3) is 0.0833. The van der Waals surface area contributed by atoms with Gasteiger partial charge in [-0.3, -0.25) is 9.59 Å². The van der Waals surface area contributed by atoms with Gasteiger partial charge in [-0.05, 0) is 17.7 Å². The standard InChI is InChI=1S/C24H19N5O2/c1-2-13-25-23(31)20-16-29(18-11-7-4-8-12-18)22-19(21(20)30)15-27-24(28-22)26-14-17-9-5-3-6-10-17/h1,3-12,15-16H,13-14H2,(H,25,31)(H,26,27,28). The maximum absolute atomic E-state index is 13.0. The van der Waals surface area contributed by atoms with Crippen LogP contribution in [0, 0.1) is 12.3 Å². The molecule has 31 heavy (non-hydrogen) atoms. The number of nitrogens with zero attached hydrogens (tertiary/aromatic N) is 3. The van der Waals surface area contributed by atoms with E-state index in [0.717, 1.165) is 11.3 Å². The molecule has 0 saturated heterocycles. The van der Waals surface area contributed by atoms with Gasteiger partial charge in [0, 0.05) is 24.6 Å². The Kier molecular flexibility index (Phi) is 5.72. The lowest BCUT2D eigenvalue weighted by Crippen LogP contribution is -2.30. The summed E-state index contributed by atoms with van der Waals surface area (Å²) in [5.74, 6) is 2.17. The van der Waals surface area contributed by atoms with Crippen molar-refractivity contribution in [1.29, 1.82) is 0 Å². The summed E-state index contributed by atoms with van der Waals surface area (Å²) in [6, 6.07) is 19.2. The van der Waals surface area contributed by atoms with Crippen molar-refractivity contribution in [2.45, 2.75) is 6.54 Å². The molecule has 0 aliphatic carbocycles. The van der Waals surface area contributed by atoms with Crippen molar-refractivity contribution in [3.05, 3.63) is 94.4 Å². The molecule has 2 N–H and O–H groups in total. The maximum atomic E-state index is 13.0. The molecule has 7 nitrogen and oxygen atoms in total. The number of carbonyl (C=O) groups excluding carboxylic acids is 1. The van der Waals surface area contributed by atoms with Crippen molar-refractivity contribution in [1.82, 2.24) is 19.9 Å². The highest BCUT2D eigenvalue weighted by Gasteiger charge is 2.17. The number of benzene rings is 2. The monoisotopic (exact) mass is 409 g/mol. The molecule has 0 unspecified atom stereocenters. The predicted molar refractivity (Wildman–Crippen MR) is 120 cm³/mol. The predicted octanol–water partition coefficient (Wildman–Crippen LogP) is 2.76. The second-order valence-corrected chi connectivity index (χ2v) is 6.73. The normalized spacial score (nSPS) is 10.4. The highest BCUT2D eigenvalue weighted by atomic mass is 16.2. The summed E-state index contributed by atoms with van der Waals surface area (Å²) in [6.07, 6.45) is 8.14. The summed E-state index contributed by atoms with van der Waals surface area (Å²) in [6.45, 7) is 0.564. The Balaban J connectivity index is 1.81. The highest BCUT2D eigenvalue weighted by Crippen LogP contribution is 2.17. The number of nitrogens with one attached hydrogen (secondary N) is 2. The third kappa shape index (κ3) is 4.28. The van der Waals surface area contributed by atoms with Crippen molar-refractivity contribution in [2.24, 2.45) is 0 Å². The smallest absolute Gasteiger partial charge is 0.257 e. The summed E-state index contributed by atoms with van der Waals surface area (Å²) in [4.78, 5) is 34.3. The van der Waals surface area contributed by atoms with Crippen LogP contribution in [-0.2, 0) is 6.54 Å². The molecule has 0 atom stereocenters. The third-order valence-corrected chi connectivity index (χ3v) is 4.67. The van der Waals surface area contributed by atoms with Gasteiger partial charge in [-0.1, -0.05) is 54.5 Å². The van der Waals surface area contributed by atoms with Crippen molar-refractivity contribution in [3.63, 3.8) is 0 Å². The van der Waals surface area contributed by atoms with Crippen LogP contribution in [-0.4, -0.2) is 27.0 Å². The molecule has 2 aromatic carbocycles. The second kappa shape index (κ2) is 8.93. The molecule has 0 saturated carbocycles. The molecular weight excluding hydrogens is 390 g/mol. The minimum absolute atomic E-state index is 0.0276. The van der Waals surface area contributed by atoms with Crippen LogP contribution in [0.25, 0.3) is 16.7 Å². The number of para-hydroxylation sites is 1. The van der Waals surface area contributed by atoms with E-state index in [1.807, 2.05) is 60.7 Å². The van der Waals surface area contributed by atoms with Gasteiger partial charge in [0.1, 0.15) is 5.56 Å². The van der Waals surface area contributed by atoms with Gasteiger partial charge < -0.3 is 15.2 Å². The number of fused-ring (bicyclic) bond motifs is 1. The van der Waals surface area contributed by atoms with Gasteiger partial charge in [-0.25, -0.2) is 4.98 Å². The fourth-order valence-electron chi connectivity index (χ4n) is 3.15. The van der Waals surface area contributed by atoms with Gasteiger partial charge in [0.15, 0.2) is 5.65 Å². The molecule has 0 fully saturated rings. The van der Waals surface area contributed by atoms with Gasteiger partial charge >= 0.3 is 0 Å². The zero-order valence-corrected chi connectivity index (χ0v) is 16.6. The third-order valence-electron chi connectivity index (χ3n) is 4.67. The zero-order valence-electron chi connectivity index (χ0n) is 16.6. The second-order valence-electron chi connectivity index (χ2n) is 6.73. The summed E-state index contributed by atoms with van der Waals surface area (Å²) >= 11 is 0. The minimum atomic E-state index is -0.541. The Morgan fingerprint density at radius 3 is 2.48 bits per heavy atom. The first-order valence-corrected chi connectivity index (χ1v) is 9.64. The first kappa shape index (κ1) is 19.9. The molecule has 1 amide bonds. The van der Waals surface area contributed by atoms with E-state index in [0.29, 0.717) is 18.1 Å². The molecular formula is C24H19N5O2. The zero-order chi connectivity index (χ0) is 21.6. The Bertz CT molecular complexity index is 1330. The van der Waals surface area contributed by atoms with Crippen molar-refractivity contribution < 1.29 is 4.79 Å². The lowest BCUT2D eigenvalue weighted by atomic mass is 10.2. The molecule has 0 bridgehead atoms. The van der Waals surface area contributed by atoms with E-state index in [9.17, 15) is 9.59 Å². The molecule has 0 spiro atoms. The lowest BCUT2D eigenvalue weighted by Gasteiger charge is -2.13. The van der Waals surface area contributed by atoms with E-state index in [4.69, 9.17) is 6.42 Å². The molecule has 152 valence electrons. The van der Waals surface area contributed by atoms with Crippen LogP contribution < -0.4 is 16.1 Å². The number of hydrogen-bond acceptors (Lipinski definition) is 5. The first-order chi connectivity index (χ1) is 15.2. The van der Waals surface area contributed by atoms with Crippen molar-refractivity contribution >= 4 is 22.9 Å². The van der Waals surface area contributed by atoms with Crippen LogP contribution in [0.3, 0.4) is 0 Å². The summed E-state index contributed by atoms with van der Waals surface area (Å²) in [5, 5.41) is 5.96. The lowest BCUT2D eigenvalue weighted by molar-refractivity contribution is 0.0957. The van der Waals surface area contributed by atoms with Crippen LogP contribution in [0.1, 0.15) is 15.9 Å². The first-order valence-electron chi connectivity index (χ1n) is 9.64. The van der Waals surface area contributed by atoms with Crippen LogP contribution in [0.4, 0.5) is 5.95 Å². The van der Waals surface area contributed by atoms with Gasteiger partial charge in [0.2, 0.25) is 11.4 Å². The topological polar surface area (TPSA) is 88.9 Å². The molecule has 7 heteroatoms. The molecule has 0 aliphatic rings. The Morgan fingerprint density at radius 2 is 1.77 bits per heavy atom. The van der Waals surface area contributed by atoms with E-state index >= 15 is 0 Å². The molecule has 4 aromatic rings. The van der Waals surface area contributed by atoms with Gasteiger partial charge in [0.05, 0.1) is 11.9 Å². The summed E-state index contributed by atoms with van der Waals surface area (Å²) in [7, 11) is 0. The average molecular weight is 409 g/mol. The van der Waals surface area contributed by atoms with Crippen LogP contribution in [0.2, 0.25) is 0 Å². The molecule has 4 rings (SSSR count). The molecule has 0 aliphatic heterocycles. The number of carbonyl (C=O) groups is 1. The molecule has 2 heterocycles. The number of rotatable bonds is 6. The Morgan fingerprint density at radius 1 is 1.06 bits per heavy atom. The Labute approximate surface area is 178 Å².